The van der Waals surface area contributed by atoms with Crippen LogP contribution < -0.4 is 10.6 Å². The zero-order valence-corrected chi connectivity index (χ0v) is 14.5. The number of rotatable bonds is 7. The van der Waals surface area contributed by atoms with Crippen molar-refractivity contribution in [1.29, 1.82) is 0 Å². The summed E-state index contributed by atoms with van der Waals surface area (Å²) in [6.07, 6.45) is 3.48. The van der Waals surface area contributed by atoms with E-state index < -0.39 is 0 Å². The van der Waals surface area contributed by atoms with Gasteiger partial charge >= 0.3 is 0 Å². The lowest BCUT2D eigenvalue weighted by Crippen LogP contribution is -2.40. The Kier molecular flexibility index (Phi) is 5.31. The van der Waals surface area contributed by atoms with Gasteiger partial charge in [0.1, 0.15) is 0 Å². The summed E-state index contributed by atoms with van der Waals surface area (Å²) < 4.78 is 0. The third-order valence-corrected chi connectivity index (χ3v) is 4.70. The zero-order valence-electron chi connectivity index (χ0n) is 14.5. The molecule has 1 amide bonds. The van der Waals surface area contributed by atoms with Gasteiger partial charge in [-0.25, -0.2) is 0 Å². The summed E-state index contributed by atoms with van der Waals surface area (Å²) >= 11 is 0. The van der Waals surface area contributed by atoms with Gasteiger partial charge < -0.3 is 5.32 Å². The molecule has 1 aliphatic carbocycles. The molecule has 0 unspecified atom stereocenters. The van der Waals surface area contributed by atoms with E-state index in [0.29, 0.717) is 5.92 Å². The van der Waals surface area contributed by atoms with Crippen molar-refractivity contribution in [3.63, 3.8) is 0 Å². The van der Waals surface area contributed by atoms with E-state index >= 15 is 0 Å². The molecule has 0 bridgehead atoms. The summed E-state index contributed by atoms with van der Waals surface area (Å²) in [5, 5.41) is 6.53. The summed E-state index contributed by atoms with van der Waals surface area (Å²) in [7, 11) is 0. The van der Waals surface area contributed by atoms with Crippen LogP contribution in [-0.4, -0.2) is 11.9 Å². The number of nitrogens with one attached hydrogen (secondary N) is 2. The second-order valence-electron chi connectivity index (χ2n) is 6.65. The molecule has 1 aliphatic rings. The Morgan fingerprint density at radius 3 is 2.33 bits per heavy atom. The van der Waals surface area contributed by atoms with E-state index in [-0.39, 0.29) is 18.0 Å². The first-order valence-electron chi connectivity index (χ1n) is 8.88. The molecule has 2 atom stereocenters. The molecule has 0 radical (unpaired) electrons. The highest BCUT2D eigenvalue weighted by molar-refractivity contribution is 5.94. The van der Waals surface area contributed by atoms with Crippen LogP contribution >= 0.6 is 0 Å². The van der Waals surface area contributed by atoms with Gasteiger partial charge in [-0.15, -0.1) is 0 Å². The fraction of sp³-hybridized carbons (Fsp3) is 0.381. The molecular formula is C21H26N2O. The van der Waals surface area contributed by atoms with Crippen molar-refractivity contribution in [3.8, 4) is 0 Å². The molecule has 126 valence electrons. The molecule has 0 saturated heterocycles. The molecule has 24 heavy (non-hydrogen) atoms. The van der Waals surface area contributed by atoms with Gasteiger partial charge in [0, 0.05) is 11.7 Å². The predicted molar refractivity (Wildman–Crippen MR) is 99.0 cm³/mol. The number of anilines is 1. The van der Waals surface area contributed by atoms with Gasteiger partial charge in [0.15, 0.2) is 0 Å². The van der Waals surface area contributed by atoms with Crippen LogP contribution in [0.15, 0.2) is 54.6 Å². The highest BCUT2D eigenvalue weighted by Crippen LogP contribution is 2.41. The van der Waals surface area contributed by atoms with E-state index in [1.54, 1.807) is 0 Å². The molecule has 2 N–H and O–H groups in total. The first-order valence-corrected chi connectivity index (χ1v) is 8.88. The van der Waals surface area contributed by atoms with Gasteiger partial charge in [-0.3, -0.25) is 10.1 Å². The number of aryl methyl sites for hydroxylation is 1. The maximum absolute atomic E-state index is 12.5. The number of amides is 1. The highest BCUT2D eigenvalue weighted by atomic mass is 16.2. The second kappa shape index (κ2) is 7.63. The van der Waals surface area contributed by atoms with E-state index in [1.807, 2.05) is 25.1 Å². The molecule has 0 spiro atoms. The Bertz CT molecular complexity index is 662. The maximum Gasteiger partial charge on any atom is 0.241 e. The first-order chi connectivity index (χ1) is 11.7. The Morgan fingerprint density at radius 1 is 1.08 bits per heavy atom. The minimum atomic E-state index is -0.235. The van der Waals surface area contributed by atoms with Gasteiger partial charge in [0.25, 0.3) is 0 Å². The molecule has 2 aromatic carbocycles. The SMILES string of the molecule is CCc1ccc(NC(=O)[C@H](C)N[C@@H](c2ccccc2)C2CC2)cc1. The van der Waals surface area contributed by atoms with Crippen LogP contribution in [0.2, 0.25) is 0 Å². The number of benzene rings is 2. The molecule has 2 aromatic rings. The van der Waals surface area contributed by atoms with Crippen LogP contribution in [0.4, 0.5) is 5.69 Å². The molecular weight excluding hydrogens is 296 g/mol. The van der Waals surface area contributed by atoms with Crippen LogP contribution in [0, 0.1) is 5.92 Å². The van der Waals surface area contributed by atoms with Crippen molar-refractivity contribution in [2.24, 2.45) is 5.92 Å². The summed E-state index contributed by atoms with van der Waals surface area (Å²) in [6.45, 7) is 4.06. The smallest absolute Gasteiger partial charge is 0.241 e. The normalized spacial score (nSPS) is 16.4. The van der Waals surface area contributed by atoms with E-state index in [1.165, 1.54) is 24.0 Å². The molecule has 3 rings (SSSR count). The summed E-state index contributed by atoms with van der Waals surface area (Å²) in [5.41, 5.74) is 3.40. The van der Waals surface area contributed by atoms with Crippen LogP contribution in [0.1, 0.15) is 43.9 Å². The van der Waals surface area contributed by atoms with Crippen molar-refractivity contribution in [1.82, 2.24) is 5.32 Å². The fourth-order valence-electron chi connectivity index (χ4n) is 3.01. The van der Waals surface area contributed by atoms with Crippen molar-refractivity contribution >= 4 is 11.6 Å². The Labute approximate surface area is 144 Å². The molecule has 1 saturated carbocycles. The van der Waals surface area contributed by atoms with E-state index in [4.69, 9.17) is 0 Å². The largest absolute Gasteiger partial charge is 0.325 e. The van der Waals surface area contributed by atoms with E-state index in [0.717, 1.165) is 12.1 Å². The molecule has 0 aromatic heterocycles. The zero-order chi connectivity index (χ0) is 16.9. The number of hydrogen-bond donors (Lipinski definition) is 2. The predicted octanol–water partition coefficient (Wildman–Crippen LogP) is 4.32. The third-order valence-electron chi connectivity index (χ3n) is 4.70. The number of carbonyl (C=O) groups is 1. The summed E-state index contributed by atoms with van der Waals surface area (Å²) in [4.78, 5) is 12.5. The molecule has 1 fully saturated rings. The monoisotopic (exact) mass is 322 g/mol. The van der Waals surface area contributed by atoms with Gasteiger partial charge in [-0.1, -0.05) is 49.4 Å². The minimum absolute atomic E-state index is 0.0147. The lowest BCUT2D eigenvalue weighted by atomic mass is 10.0. The molecule has 3 nitrogen and oxygen atoms in total. The quantitative estimate of drug-likeness (QED) is 0.797. The van der Waals surface area contributed by atoms with Crippen molar-refractivity contribution in [3.05, 3.63) is 65.7 Å². The Hall–Kier alpha value is -2.13. The standard InChI is InChI=1S/C21H26N2O/c1-3-16-9-13-19(14-10-16)23-21(24)15(2)22-20(18-11-12-18)17-7-5-4-6-8-17/h4-10,13-15,18,20,22H,3,11-12H2,1-2H3,(H,23,24)/t15-,20-/m0/s1. The van der Waals surface area contributed by atoms with Gasteiger partial charge in [-0.2, -0.15) is 0 Å². The minimum Gasteiger partial charge on any atom is -0.325 e. The second-order valence-corrected chi connectivity index (χ2v) is 6.65. The summed E-state index contributed by atoms with van der Waals surface area (Å²) in [5.74, 6) is 0.660. The summed E-state index contributed by atoms with van der Waals surface area (Å²) in [6, 6.07) is 18.5. The van der Waals surface area contributed by atoms with Crippen molar-refractivity contribution in [2.75, 3.05) is 5.32 Å². The van der Waals surface area contributed by atoms with Gasteiger partial charge in [0.2, 0.25) is 5.91 Å². The lowest BCUT2D eigenvalue weighted by Gasteiger charge is -2.23. The molecule has 0 aliphatic heterocycles. The maximum atomic E-state index is 12.5. The average Bonchev–Trinajstić information content (AvgIpc) is 3.45. The molecule has 0 heterocycles. The van der Waals surface area contributed by atoms with Crippen LogP contribution in [0.5, 0.6) is 0 Å². The third kappa shape index (κ3) is 4.24. The van der Waals surface area contributed by atoms with Crippen molar-refractivity contribution in [2.45, 2.75) is 45.2 Å². The van der Waals surface area contributed by atoms with E-state index in [2.05, 4.69) is 54.0 Å². The van der Waals surface area contributed by atoms with Crippen LogP contribution in [0.25, 0.3) is 0 Å². The lowest BCUT2D eigenvalue weighted by molar-refractivity contribution is -0.118. The Balaban J connectivity index is 1.62. The van der Waals surface area contributed by atoms with Gasteiger partial charge in [-0.05, 0) is 55.4 Å². The molecule has 3 heteroatoms. The van der Waals surface area contributed by atoms with Gasteiger partial charge in [0.05, 0.1) is 6.04 Å². The van der Waals surface area contributed by atoms with Crippen molar-refractivity contribution < 1.29 is 4.79 Å². The topological polar surface area (TPSA) is 41.1 Å². The fourth-order valence-corrected chi connectivity index (χ4v) is 3.01. The number of carbonyl (C=O) groups excluding carboxylic acids is 1. The number of hydrogen-bond acceptors (Lipinski definition) is 2. The Morgan fingerprint density at radius 2 is 1.75 bits per heavy atom. The van der Waals surface area contributed by atoms with Crippen LogP contribution in [-0.2, 0) is 11.2 Å². The van der Waals surface area contributed by atoms with Crippen LogP contribution in [0.3, 0.4) is 0 Å². The highest BCUT2D eigenvalue weighted by Gasteiger charge is 2.33. The first kappa shape index (κ1) is 16.7. The van der Waals surface area contributed by atoms with E-state index in [9.17, 15) is 4.79 Å². The average molecular weight is 322 g/mol.